The molecule has 2 aliphatic heterocycles. The first-order valence-electron chi connectivity index (χ1n) is 10.1. The Morgan fingerprint density at radius 3 is 2.18 bits per heavy atom. The van der Waals surface area contributed by atoms with Crippen LogP contribution in [0.4, 0.5) is 5.69 Å². The molecule has 0 bridgehead atoms. The van der Waals surface area contributed by atoms with Gasteiger partial charge >= 0.3 is 0 Å². The zero-order chi connectivity index (χ0) is 20.3. The molecule has 3 rings (SSSR count). The molecule has 0 spiro atoms. The SMILES string of the molecule is C[C@@H]1CCC[C@@H](C)N1S(=O)(=O)c1ccc(NC(=O)CN2CCN(C)CC2)cc1. The van der Waals surface area contributed by atoms with Gasteiger partial charge in [0.1, 0.15) is 0 Å². The lowest BCUT2D eigenvalue weighted by atomic mass is 10.0. The molecule has 7 nitrogen and oxygen atoms in total. The molecule has 156 valence electrons. The summed E-state index contributed by atoms with van der Waals surface area (Å²) in [6.07, 6.45) is 2.85. The predicted molar refractivity (Wildman–Crippen MR) is 111 cm³/mol. The highest BCUT2D eigenvalue weighted by Crippen LogP contribution is 2.29. The monoisotopic (exact) mass is 408 g/mol. The van der Waals surface area contributed by atoms with Gasteiger partial charge in [-0.2, -0.15) is 4.31 Å². The van der Waals surface area contributed by atoms with Crippen LogP contribution in [0.3, 0.4) is 0 Å². The Morgan fingerprint density at radius 1 is 1.04 bits per heavy atom. The maximum absolute atomic E-state index is 13.1. The number of hydrogen-bond donors (Lipinski definition) is 1. The quantitative estimate of drug-likeness (QED) is 0.805. The highest BCUT2D eigenvalue weighted by atomic mass is 32.2. The van der Waals surface area contributed by atoms with Crippen LogP contribution in [-0.2, 0) is 14.8 Å². The van der Waals surface area contributed by atoms with Crippen LogP contribution in [0.2, 0.25) is 0 Å². The number of likely N-dealkylation sites (N-methyl/N-ethyl adjacent to an activating group) is 1. The molecular weight excluding hydrogens is 376 g/mol. The van der Waals surface area contributed by atoms with Crippen molar-refractivity contribution in [2.24, 2.45) is 0 Å². The highest BCUT2D eigenvalue weighted by molar-refractivity contribution is 7.89. The van der Waals surface area contributed by atoms with Crippen LogP contribution in [0.1, 0.15) is 33.1 Å². The second-order valence-electron chi connectivity index (χ2n) is 8.12. The summed E-state index contributed by atoms with van der Waals surface area (Å²) in [5.74, 6) is -0.0709. The van der Waals surface area contributed by atoms with Crippen molar-refractivity contribution >= 4 is 21.6 Å². The summed E-state index contributed by atoms with van der Waals surface area (Å²) in [6.45, 7) is 8.00. The van der Waals surface area contributed by atoms with Crippen LogP contribution >= 0.6 is 0 Å². The number of anilines is 1. The van der Waals surface area contributed by atoms with Crippen molar-refractivity contribution < 1.29 is 13.2 Å². The van der Waals surface area contributed by atoms with E-state index in [1.54, 1.807) is 28.6 Å². The van der Waals surface area contributed by atoms with Crippen molar-refractivity contribution in [1.29, 1.82) is 0 Å². The van der Waals surface area contributed by atoms with E-state index in [4.69, 9.17) is 0 Å². The van der Waals surface area contributed by atoms with E-state index in [1.165, 1.54) is 0 Å². The van der Waals surface area contributed by atoms with Crippen LogP contribution < -0.4 is 5.32 Å². The van der Waals surface area contributed by atoms with Crippen molar-refractivity contribution in [2.75, 3.05) is 45.1 Å². The maximum Gasteiger partial charge on any atom is 0.243 e. The lowest BCUT2D eigenvalue weighted by Crippen LogP contribution is -2.47. The average Bonchev–Trinajstić information content (AvgIpc) is 2.64. The van der Waals surface area contributed by atoms with E-state index in [0.29, 0.717) is 12.2 Å². The van der Waals surface area contributed by atoms with E-state index in [2.05, 4.69) is 22.2 Å². The van der Waals surface area contributed by atoms with Crippen LogP contribution in [-0.4, -0.2) is 80.3 Å². The smallest absolute Gasteiger partial charge is 0.243 e. The number of carbonyl (C=O) groups is 1. The number of nitrogens with zero attached hydrogens (tertiary/aromatic N) is 3. The maximum atomic E-state index is 13.1. The summed E-state index contributed by atoms with van der Waals surface area (Å²) < 4.78 is 27.8. The Balaban J connectivity index is 1.62. The highest BCUT2D eigenvalue weighted by Gasteiger charge is 2.35. The van der Waals surface area contributed by atoms with Gasteiger partial charge in [-0.3, -0.25) is 9.69 Å². The number of carbonyl (C=O) groups excluding carboxylic acids is 1. The van der Waals surface area contributed by atoms with Gasteiger partial charge in [-0.25, -0.2) is 8.42 Å². The lowest BCUT2D eigenvalue weighted by Gasteiger charge is -2.37. The molecule has 1 N–H and O–H groups in total. The molecule has 0 unspecified atom stereocenters. The molecule has 1 aromatic carbocycles. The third kappa shape index (κ3) is 4.92. The molecule has 1 aromatic rings. The van der Waals surface area contributed by atoms with Crippen LogP contribution in [0, 0.1) is 0 Å². The summed E-state index contributed by atoms with van der Waals surface area (Å²) in [7, 11) is -1.44. The Labute approximate surface area is 168 Å². The Morgan fingerprint density at radius 2 is 1.61 bits per heavy atom. The molecule has 8 heteroatoms. The summed E-state index contributed by atoms with van der Waals surface area (Å²) >= 11 is 0. The predicted octanol–water partition coefficient (Wildman–Crippen LogP) is 1.82. The van der Waals surface area contributed by atoms with Crippen LogP contribution in [0.5, 0.6) is 0 Å². The largest absolute Gasteiger partial charge is 0.325 e. The summed E-state index contributed by atoms with van der Waals surface area (Å²) in [5.41, 5.74) is 0.623. The molecule has 2 aliphatic rings. The number of sulfonamides is 1. The van der Waals surface area contributed by atoms with E-state index in [-0.39, 0.29) is 22.9 Å². The van der Waals surface area contributed by atoms with E-state index in [9.17, 15) is 13.2 Å². The molecule has 0 aliphatic carbocycles. The number of nitrogens with one attached hydrogen (secondary N) is 1. The molecule has 1 amide bonds. The van der Waals surface area contributed by atoms with Crippen molar-refractivity contribution in [2.45, 2.75) is 50.1 Å². The number of piperazine rings is 1. The molecule has 2 heterocycles. The molecular formula is C20H32N4O3S. The molecule has 0 saturated carbocycles. The summed E-state index contributed by atoms with van der Waals surface area (Å²) in [5, 5.41) is 2.87. The third-order valence-corrected chi connectivity index (χ3v) is 7.93. The molecule has 2 fully saturated rings. The van der Waals surface area contributed by atoms with E-state index in [1.807, 2.05) is 13.8 Å². The minimum absolute atomic E-state index is 0.0108. The van der Waals surface area contributed by atoms with Crippen molar-refractivity contribution in [3.8, 4) is 0 Å². The second-order valence-corrected chi connectivity index (χ2v) is 9.96. The molecule has 2 saturated heterocycles. The molecule has 2 atom stereocenters. The van der Waals surface area contributed by atoms with Crippen molar-refractivity contribution in [3.63, 3.8) is 0 Å². The molecule has 0 aromatic heterocycles. The molecule has 28 heavy (non-hydrogen) atoms. The zero-order valence-corrected chi connectivity index (χ0v) is 17.9. The second kappa shape index (κ2) is 8.90. The van der Waals surface area contributed by atoms with Gasteiger partial charge in [0.05, 0.1) is 11.4 Å². The normalized spacial score (nSPS) is 25.5. The van der Waals surface area contributed by atoms with Gasteiger partial charge in [-0.05, 0) is 58.0 Å². The van der Waals surface area contributed by atoms with Gasteiger partial charge in [-0.1, -0.05) is 6.42 Å². The first-order chi connectivity index (χ1) is 13.3. The Hall–Kier alpha value is -1.48. The van der Waals surface area contributed by atoms with Crippen molar-refractivity contribution in [3.05, 3.63) is 24.3 Å². The van der Waals surface area contributed by atoms with Crippen LogP contribution in [0.25, 0.3) is 0 Å². The number of hydrogen-bond acceptors (Lipinski definition) is 5. The van der Waals surface area contributed by atoms with Gasteiger partial charge in [0.2, 0.25) is 15.9 Å². The zero-order valence-electron chi connectivity index (χ0n) is 17.1. The third-order valence-electron chi connectivity index (χ3n) is 5.79. The summed E-state index contributed by atoms with van der Waals surface area (Å²) in [6, 6.07) is 6.56. The summed E-state index contributed by atoms with van der Waals surface area (Å²) in [4.78, 5) is 16.9. The van der Waals surface area contributed by atoms with E-state index >= 15 is 0 Å². The van der Waals surface area contributed by atoms with Crippen LogP contribution in [0.15, 0.2) is 29.2 Å². The number of piperidine rings is 1. The van der Waals surface area contributed by atoms with Crippen molar-refractivity contribution in [1.82, 2.24) is 14.1 Å². The Bertz CT molecular complexity index is 763. The fourth-order valence-corrected chi connectivity index (χ4v) is 5.99. The first-order valence-corrected chi connectivity index (χ1v) is 11.6. The minimum atomic E-state index is -3.53. The topological polar surface area (TPSA) is 73.0 Å². The fraction of sp³-hybridized carbons (Fsp3) is 0.650. The molecule has 0 radical (unpaired) electrons. The number of benzene rings is 1. The first kappa shape index (κ1) is 21.2. The van der Waals surface area contributed by atoms with Gasteiger partial charge in [0.25, 0.3) is 0 Å². The van der Waals surface area contributed by atoms with E-state index in [0.717, 1.165) is 45.4 Å². The fourth-order valence-electron chi connectivity index (χ4n) is 4.11. The van der Waals surface area contributed by atoms with Gasteiger partial charge in [0, 0.05) is 44.0 Å². The van der Waals surface area contributed by atoms with E-state index < -0.39 is 10.0 Å². The lowest BCUT2D eigenvalue weighted by molar-refractivity contribution is -0.117. The van der Waals surface area contributed by atoms with Gasteiger partial charge in [0.15, 0.2) is 0 Å². The average molecular weight is 409 g/mol. The number of amides is 1. The Kier molecular flexibility index (Phi) is 6.75. The number of rotatable bonds is 5. The standard InChI is InChI=1S/C20H32N4O3S/c1-16-5-4-6-17(2)24(16)28(26,27)19-9-7-18(8-10-19)21-20(25)15-23-13-11-22(3)12-14-23/h7-10,16-17H,4-6,11-15H2,1-3H3,(H,21,25)/t16-,17-/m1/s1. The van der Waals surface area contributed by atoms with Gasteiger partial charge in [-0.15, -0.1) is 0 Å². The van der Waals surface area contributed by atoms with Gasteiger partial charge < -0.3 is 10.2 Å². The minimum Gasteiger partial charge on any atom is -0.325 e.